The van der Waals surface area contributed by atoms with E-state index >= 15 is 0 Å². The predicted octanol–water partition coefficient (Wildman–Crippen LogP) is 3.77. The van der Waals surface area contributed by atoms with E-state index in [1.165, 1.54) is 31.9 Å². The highest BCUT2D eigenvalue weighted by atomic mass is 35.5. The smallest absolute Gasteiger partial charge is 0.224 e. The van der Waals surface area contributed by atoms with Crippen LogP contribution in [-0.2, 0) is 0 Å². The van der Waals surface area contributed by atoms with E-state index in [2.05, 4.69) is 22.2 Å². The fraction of sp³-hybridized carbons (Fsp3) is 0.636. The van der Waals surface area contributed by atoms with Gasteiger partial charge in [-0.05, 0) is 43.2 Å². The Bertz CT molecular complexity index is 362. The van der Waals surface area contributed by atoms with Crippen LogP contribution >= 0.6 is 23.2 Å². The molecular weight excluding hydrogens is 245 g/mol. The lowest BCUT2D eigenvalue weighted by Crippen LogP contribution is -2.25. The molecule has 16 heavy (non-hydrogen) atoms. The Kier molecular flexibility index (Phi) is 3.87. The molecule has 0 aromatic carbocycles. The van der Waals surface area contributed by atoms with Gasteiger partial charge in [0.05, 0.1) is 6.20 Å². The summed E-state index contributed by atoms with van der Waals surface area (Å²) in [4.78, 5) is 7.92. The van der Waals surface area contributed by atoms with Crippen LogP contribution in [-0.4, -0.2) is 16.0 Å². The molecular formula is C11H15Cl2N3. The number of aromatic nitrogens is 2. The van der Waals surface area contributed by atoms with Crippen LogP contribution in [0.1, 0.15) is 32.6 Å². The third-order valence-electron chi connectivity index (χ3n) is 3.07. The largest absolute Gasteiger partial charge is 0.366 e. The summed E-state index contributed by atoms with van der Waals surface area (Å²) in [5.41, 5.74) is 0. The molecule has 0 saturated heterocycles. The van der Waals surface area contributed by atoms with Gasteiger partial charge in [0.15, 0.2) is 0 Å². The molecule has 0 spiro atoms. The lowest BCUT2D eigenvalue weighted by Gasteiger charge is -2.27. The maximum atomic E-state index is 6.00. The van der Waals surface area contributed by atoms with Crippen molar-refractivity contribution in [2.75, 3.05) is 5.32 Å². The Hall–Kier alpha value is -0.540. The standard InChI is InChI=1S/C11H15Cl2N3/c1-7-2-4-8(5-3-7)15-10-9(12)6-14-11(13)16-10/h6-8H,2-5H2,1H3,(H,14,15,16). The molecule has 1 aliphatic rings. The summed E-state index contributed by atoms with van der Waals surface area (Å²) in [7, 11) is 0. The zero-order chi connectivity index (χ0) is 11.5. The molecule has 0 unspecified atom stereocenters. The number of anilines is 1. The SMILES string of the molecule is CC1CCC(Nc2nc(Cl)ncc2Cl)CC1. The normalized spacial score (nSPS) is 25.4. The number of halogens is 2. The minimum Gasteiger partial charge on any atom is -0.366 e. The van der Waals surface area contributed by atoms with Crippen LogP contribution in [0.4, 0.5) is 5.82 Å². The second-order valence-corrected chi connectivity index (χ2v) is 5.18. The van der Waals surface area contributed by atoms with Crippen LogP contribution in [0.5, 0.6) is 0 Å². The van der Waals surface area contributed by atoms with Gasteiger partial charge in [-0.25, -0.2) is 4.98 Å². The number of nitrogens with one attached hydrogen (secondary N) is 1. The second-order valence-electron chi connectivity index (χ2n) is 4.44. The summed E-state index contributed by atoms with van der Waals surface area (Å²) in [5, 5.41) is 4.11. The molecule has 0 radical (unpaired) electrons. The van der Waals surface area contributed by atoms with Gasteiger partial charge in [0, 0.05) is 6.04 Å². The summed E-state index contributed by atoms with van der Waals surface area (Å²) in [5.74, 6) is 1.49. The molecule has 5 heteroatoms. The minimum absolute atomic E-state index is 0.232. The third kappa shape index (κ3) is 2.98. The van der Waals surface area contributed by atoms with Crippen LogP contribution in [0.3, 0.4) is 0 Å². The van der Waals surface area contributed by atoms with Gasteiger partial charge in [-0.1, -0.05) is 18.5 Å². The lowest BCUT2D eigenvalue weighted by atomic mass is 9.87. The molecule has 1 aromatic heterocycles. The van der Waals surface area contributed by atoms with Gasteiger partial charge < -0.3 is 5.32 Å². The van der Waals surface area contributed by atoms with Crippen LogP contribution < -0.4 is 5.32 Å². The van der Waals surface area contributed by atoms with Crippen molar-refractivity contribution in [2.24, 2.45) is 5.92 Å². The molecule has 0 bridgehead atoms. The second kappa shape index (κ2) is 5.19. The van der Waals surface area contributed by atoms with Crippen molar-refractivity contribution in [3.63, 3.8) is 0 Å². The van der Waals surface area contributed by atoms with Gasteiger partial charge in [0.2, 0.25) is 5.28 Å². The Balaban J connectivity index is 2.00. The van der Waals surface area contributed by atoms with E-state index in [0.717, 1.165) is 5.92 Å². The van der Waals surface area contributed by atoms with Gasteiger partial charge in [-0.15, -0.1) is 0 Å². The fourth-order valence-electron chi connectivity index (χ4n) is 2.04. The summed E-state index contributed by atoms with van der Waals surface area (Å²) in [6.07, 6.45) is 6.38. The number of rotatable bonds is 2. The van der Waals surface area contributed by atoms with Gasteiger partial charge >= 0.3 is 0 Å². The molecule has 1 heterocycles. The molecule has 88 valence electrons. The zero-order valence-corrected chi connectivity index (χ0v) is 10.7. The van der Waals surface area contributed by atoms with Crippen LogP contribution in [0, 0.1) is 5.92 Å². The molecule has 1 aliphatic carbocycles. The van der Waals surface area contributed by atoms with Crippen molar-refractivity contribution in [3.8, 4) is 0 Å². The third-order valence-corrected chi connectivity index (χ3v) is 3.53. The van der Waals surface area contributed by atoms with E-state index in [-0.39, 0.29) is 5.28 Å². The predicted molar refractivity (Wildman–Crippen MR) is 67.1 cm³/mol. The number of hydrogen-bond donors (Lipinski definition) is 1. The Labute approximate surface area is 106 Å². The van der Waals surface area contributed by atoms with Crippen molar-refractivity contribution >= 4 is 29.0 Å². The van der Waals surface area contributed by atoms with Gasteiger partial charge in [-0.3, -0.25) is 0 Å². The average molecular weight is 260 g/mol. The first-order chi connectivity index (χ1) is 7.65. The molecule has 0 atom stereocenters. The fourth-order valence-corrected chi connectivity index (χ4v) is 2.32. The molecule has 0 aliphatic heterocycles. The molecule has 1 N–H and O–H groups in total. The Morgan fingerprint density at radius 1 is 1.25 bits per heavy atom. The van der Waals surface area contributed by atoms with Crippen molar-refractivity contribution in [1.82, 2.24) is 9.97 Å². The first-order valence-electron chi connectivity index (χ1n) is 5.59. The molecule has 1 aromatic rings. The zero-order valence-electron chi connectivity index (χ0n) is 9.21. The molecule has 1 saturated carbocycles. The topological polar surface area (TPSA) is 37.8 Å². The Morgan fingerprint density at radius 2 is 1.94 bits per heavy atom. The van der Waals surface area contributed by atoms with E-state index in [0.29, 0.717) is 16.9 Å². The molecule has 0 amide bonds. The lowest BCUT2D eigenvalue weighted by molar-refractivity contribution is 0.361. The summed E-state index contributed by atoms with van der Waals surface area (Å²) < 4.78 is 0. The molecule has 1 fully saturated rings. The van der Waals surface area contributed by atoms with Crippen molar-refractivity contribution < 1.29 is 0 Å². The highest BCUT2D eigenvalue weighted by molar-refractivity contribution is 6.33. The quantitative estimate of drug-likeness (QED) is 0.822. The average Bonchev–Trinajstić information content (AvgIpc) is 2.27. The highest BCUT2D eigenvalue weighted by Gasteiger charge is 2.19. The molecule has 3 nitrogen and oxygen atoms in total. The Morgan fingerprint density at radius 3 is 2.62 bits per heavy atom. The first kappa shape index (κ1) is 11.9. The first-order valence-corrected chi connectivity index (χ1v) is 6.35. The monoisotopic (exact) mass is 259 g/mol. The van der Waals surface area contributed by atoms with Gasteiger partial charge in [-0.2, -0.15) is 4.98 Å². The van der Waals surface area contributed by atoms with E-state index in [4.69, 9.17) is 23.2 Å². The van der Waals surface area contributed by atoms with Crippen molar-refractivity contribution in [3.05, 3.63) is 16.5 Å². The number of nitrogens with zero attached hydrogens (tertiary/aromatic N) is 2. The maximum Gasteiger partial charge on any atom is 0.224 e. The van der Waals surface area contributed by atoms with Crippen molar-refractivity contribution in [2.45, 2.75) is 38.6 Å². The maximum absolute atomic E-state index is 6.00. The van der Waals surface area contributed by atoms with Gasteiger partial charge in [0.1, 0.15) is 10.8 Å². The molecule has 2 rings (SSSR count). The van der Waals surface area contributed by atoms with E-state index in [1.54, 1.807) is 0 Å². The van der Waals surface area contributed by atoms with E-state index < -0.39 is 0 Å². The van der Waals surface area contributed by atoms with Crippen LogP contribution in [0.25, 0.3) is 0 Å². The summed E-state index contributed by atoms with van der Waals surface area (Å²) in [6.45, 7) is 2.30. The van der Waals surface area contributed by atoms with Crippen LogP contribution in [0.15, 0.2) is 6.20 Å². The van der Waals surface area contributed by atoms with Crippen LogP contribution in [0.2, 0.25) is 10.3 Å². The van der Waals surface area contributed by atoms with E-state index in [9.17, 15) is 0 Å². The van der Waals surface area contributed by atoms with Gasteiger partial charge in [0.25, 0.3) is 0 Å². The minimum atomic E-state index is 0.232. The summed E-state index contributed by atoms with van der Waals surface area (Å²) in [6, 6.07) is 0.458. The highest BCUT2D eigenvalue weighted by Crippen LogP contribution is 2.28. The number of hydrogen-bond acceptors (Lipinski definition) is 3. The van der Waals surface area contributed by atoms with Crippen molar-refractivity contribution in [1.29, 1.82) is 0 Å². The summed E-state index contributed by atoms with van der Waals surface area (Å²) >= 11 is 11.7. The van der Waals surface area contributed by atoms with E-state index in [1.807, 2.05) is 0 Å².